The molecule has 0 aliphatic heterocycles. The van der Waals surface area contributed by atoms with Gasteiger partial charge in [0.05, 0.1) is 7.11 Å². The number of hydrogen-bond acceptors (Lipinski definition) is 6. The van der Waals surface area contributed by atoms with E-state index in [2.05, 4.69) is 25.7 Å². The van der Waals surface area contributed by atoms with Gasteiger partial charge in [-0.3, -0.25) is 4.79 Å². The van der Waals surface area contributed by atoms with Crippen molar-refractivity contribution in [2.24, 2.45) is 0 Å². The topological polar surface area (TPSA) is 80.3 Å². The largest absolute Gasteiger partial charge is 0.466 e. The van der Waals surface area contributed by atoms with Crippen LogP contribution in [0.2, 0.25) is 0 Å². The van der Waals surface area contributed by atoms with Crippen LogP contribution in [0, 0.1) is 0 Å². The zero-order valence-corrected chi connectivity index (χ0v) is 15.0. The highest BCUT2D eigenvalue weighted by molar-refractivity contribution is 9.10. The second-order valence-corrected chi connectivity index (χ2v) is 6.47. The van der Waals surface area contributed by atoms with E-state index in [4.69, 9.17) is 0 Å². The Balaban J connectivity index is 2.43. The van der Waals surface area contributed by atoms with Gasteiger partial charge >= 0.3 is 17.8 Å². The van der Waals surface area contributed by atoms with Crippen LogP contribution in [-0.2, 0) is 9.53 Å². The first-order valence-corrected chi connectivity index (χ1v) is 8.28. The summed E-state index contributed by atoms with van der Waals surface area (Å²) in [7, 11) is 0.790. The van der Waals surface area contributed by atoms with Crippen molar-refractivity contribution < 1.29 is 27.5 Å². The van der Waals surface area contributed by atoms with E-state index in [1.807, 2.05) is 5.32 Å². The molecule has 0 spiro atoms. The van der Waals surface area contributed by atoms with Crippen molar-refractivity contribution in [1.29, 1.82) is 0 Å². The number of aromatic nitrogens is 1. The van der Waals surface area contributed by atoms with E-state index in [0.717, 1.165) is 18.4 Å². The maximum absolute atomic E-state index is 13.7. The van der Waals surface area contributed by atoms with E-state index >= 15 is 0 Å². The van der Waals surface area contributed by atoms with Crippen LogP contribution >= 0.6 is 27.3 Å². The predicted molar refractivity (Wildman–Crippen MR) is 88.1 cm³/mol. The Morgan fingerprint density at radius 2 is 1.88 bits per heavy atom. The molecule has 1 amide bonds. The highest BCUT2D eigenvalue weighted by atomic mass is 79.9. The van der Waals surface area contributed by atoms with E-state index in [9.17, 15) is 22.8 Å². The van der Waals surface area contributed by atoms with Gasteiger partial charge in [-0.1, -0.05) is 15.9 Å². The minimum atomic E-state index is -5.20. The Kier molecular flexibility index (Phi) is 5.68. The Bertz CT molecular complexity index is 753. The first kappa shape index (κ1) is 19.2. The van der Waals surface area contributed by atoms with Crippen molar-refractivity contribution in [2.45, 2.75) is 11.8 Å². The Hall–Kier alpha value is -2.14. The number of halogens is 4. The lowest BCUT2D eigenvalue weighted by Gasteiger charge is -2.34. The van der Waals surface area contributed by atoms with Crippen LogP contribution in [0.1, 0.15) is 10.4 Å². The van der Waals surface area contributed by atoms with Crippen LogP contribution in [0.5, 0.6) is 0 Å². The number of esters is 1. The fourth-order valence-electron chi connectivity index (χ4n) is 1.83. The third-order valence-electron chi connectivity index (χ3n) is 3.05. The molecule has 1 heterocycles. The number of methoxy groups -OCH3 is 1. The first-order chi connectivity index (χ1) is 11.7. The summed E-state index contributed by atoms with van der Waals surface area (Å²) >= 11 is 3.99. The van der Waals surface area contributed by atoms with Crippen LogP contribution in [0.25, 0.3) is 0 Å². The zero-order valence-electron chi connectivity index (χ0n) is 12.6. The Morgan fingerprint density at radius 1 is 1.24 bits per heavy atom. The molecule has 11 heteroatoms. The molecule has 1 atom stereocenters. The van der Waals surface area contributed by atoms with Crippen molar-refractivity contribution in [3.8, 4) is 0 Å². The van der Waals surface area contributed by atoms with Gasteiger partial charge in [0.25, 0.3) is 5.91 Å². The van der Waals surface area contributed by atoms with Gasteiger partial charge in [-0.25, -0.2) is 9.78 Å². The fraction of sp³-hybridized carbons (Fsp3) is 0.214. The highest BCUT2D eigenvalue weighted by Crippen LogP contribution is 2.34. The molecule has 0 saturated heterocycles. The van der Waals surface area contributed by atoms with Gasteiger partial charge in [0.15, 0.2) is 5.13 Å². The third kappa shape index (κ3) is 4.10. The van der Waals surface area contributed by atoms with Gasteiger partial charge in [0, 0.05) is 21.6 Å². The van der Waals surface area contributed by atoms with Crippen LogP contribution in [0.15, 0.2) is 40.3 Å². The molecule has 0 radical (unpaired) electrons. The number of carbonyl (C=O) groups is 2. The van der Waals surface area contributed by atoms with Gasteiger partial charge in [-0.15, -0.1) is 11.3 Å². The van der Waals surface area contributed by atoms with Gasteiger partial charge < -0.3 is 15.4 Å². The second-order valence-electron chi connectivity index (χ2n) is 4.66. The minimum Gasteiger partial charge on any atom is -0.466 e. The van der Waals surface area contributed by atoms with Crippen LogP contribution < -0.4 is 10.6 Å². The third-order valence-corrected chi connectivity index (χ3v) is 4.27. The van der Waals surface area contributed by atoms with Crippen LogP contribution in [0.3, 0.4) is 0 Å². The molecular weight excluding hydrogens is 427 g/mol. The standard InChI is InChI=1S/C14H11BrF3N3O3S/c1-24-11(23)13(14(16,17)18,21-12-19-6-7-25-12)20-10(22)8-2-4-9(15)5-3-8/h2-7H,1H3,(H,19,21)(H,20,22)/t13-/m0/s1. The number of thiazole rings is 1. The number of nitrogens with zero attached hydrogens (tertiary/aromatic N) is 1. The molecule has 134 valence electrons. The van der Waals surface area contributed by atoms with Crippen LogP contribution in [0.4, 0.5) is 18.3 Å². The SMILES string of the molecule is COC(=O)[C@](NC(=O)c1ccc(Br)cc1)(Nc1nccs1)C(F)(F)F. The van der Waals surface area contributed by atoms with Crippen molar-refractivity contribution in [3.05, 3.63) is 45.9 Å². The van der Waals surface area contributed by atoms with Gasteiger partial charge in [-0.05, 0) is 24.3 Å². The molecule has 1 aromatic heterocycles. The van der Waals surface area contributed by atoms with Gasteiger partial charge in [0.2, 0.25) is 0 Å². The van der Waals surface area contributed by atoms with E-state index in [1.165, 1.54) is 35.8 Å². The normalized spacial score (nSPS) is 13.6. The van der Waals surface area contributed by atoms with E-state index < -0.39 is 23.7 Å². The molecule has 2 rings (SSSR count). The van der Waals surface area contributed by atoms with E-state index in [1.54, 1.807) is 5.32 Å². The number of alkyl halides is 3. The smallest absolute Gasteiger partial charge is 0.442 e. The monoisotopic (exact) mass is 437 g/mol. The number of amides is 1. The van der Waals surface area contributed by atoms with E-state index in [0.29, 0.717) is 4.47 Å². The Morgan fingerprint density at radius 3 is 2.36 bits per heavy atom. The molecule has 1 aromatic carbocycles. The molecule has 6 nitrogen and oxygen atoms in total. The summed E-state index contributed by atoms with van der Waals surface area (Å²) in [5.41, 5.74) is -3.55. The first-order valence-electron chi connectivity index (χ1n) is 6.60. The lowest BCUT2D eigenvalue weighted by atomic mass is 10.1. The molecular formula is C14H11BrF3N3O3S. The average molecular weight is 438 g/mol. The van der Waals surface area contributed by atoms with Crippen molar-refractivity contribution in [3.63, 3.8) is 0 Å². The number of hydrogen-bond donors (Lipinski definition) is 2. The maximum Gasteiger partial charge on any atom is 0.442 e. The second kappa shape index (κ2) is 7.40. The number of nitrogens with one attached hydrogen (secondary N) is 2. The van der Waals surface area contributed by atoms with Gasteiger partial charge in [0.1, 0.15) is 0 Å². The number of carbonyl (C=O) groups excluding carboxylic acids is 2. The summed E-state index contributed by atoms with van der Waals surface area (Å²) in [4.78, 5) is 27.9. The van der Waals surface area contributed by atoms with Crippen molar-refractivity contribution in [2.75, 3.05) is 12.4 Å². The zero-order chi connectivity index (χ0) is 18.7. The summed E-state index contributed by atoms with van der Waals surface area (Å²) in [6.07, 6.45) is -3.95. The van der Waals surface area contributed by atoms with Crippen molar-refractivity contribution >= 4 is 44.3 Å². The number of rotatable bonds is 5. The molecule has 0 bridgehead atoms. The molecule has 0 unspecified atom stereocenters. The molecule has 0 aliphatic rings. The average Bonchev–Trinajstić information content (AvgIpc) is 3.05. The molecule has 0 aliphatic carbocycles. The maximum atomic E-state index is 13.7. The van der Waals surface area contributed by atoms with Crippen LogP contribution in [-0.4, -0.2) is 35.8 Å². The molecule has 0 saturated carbocycles. The summed E-state index contributed by atoms with van der Waals surface area (Å²) in [5, 5.41) is 4.84. The summed E-state index contributed by atoms with van der Waals surface area (Å²) in [6, 6.07) is 5.58. The molecule has 0 fully saturated rings. The lowest BCUT2D eigenvalue weighted by molar-refractivity contribution is -0.203. The summed E-state index contributed by atoms with van der Waals surface area (Å²) < 4.78 is 46.1. The van der Waals surface area contributed by atoms with Gasteiger partial charge in [-0.2, -0.15) is 13.2 Å². The predicted octanol–water partition coefficient (Wildman–Crippen LogP) is 3.18. The van der Waals surface area contributed by atoms with E-state index in [-0.39, 0.29) is 10.7 Å². The lowest BCUT2D eigenvalue weighted by Crippen LogP contribution is -2.69. The highest BCUT2D eigenvalue weighted by Gasteiger charge is 2.64. The fourth-order valence-corrected chi connectivity index (χ4v) is 2.68. The Labute approximate surface area is 152 Å². The quantitative estimate of drug-likeness (QED) is 0.554. The summed E-state index contributed by atoms with van der Waals surface area (Å²) in [6.45, 7) is 0. The molecule has 2 N–H and O–H groups in total. The number of ether oxygens (including phenoxy) is 1. The molecule has 2 aromatic rings. The number of anilines is 1. The minimum absolute atomic E-state index is 0.0679. The number of benzene rings is 1. The summed E-state index contributed by atoms with van der Waals surface area (Å²) in [5.74, 6) is -2.83. The molecule has 25 heavy (non-hydrogen) atoms. The van der Waals surface area contributed by atoms with Crippen molar-refractivity contribution in [1.82, 2.24) is 10.3 Å².